The van der Waals surface area contributed by atoms with Crippen LogP contribution in [-0.4, -0.2) is 51.4 Å². The fourth-order valence-electron chi connectivity index (χ4n) is 1.89. The zero-order valence-corrected chi connectivity index (χ0v) is 9.84. The van der Waals surface area contributed by atoms with E-state index in [2.05, 4.69) is 5.32 Å². The Bertz CT molecular complexity index is 468. The molecular weight excluding hydrogens is 256 g/mol. The maximum Gasteiger partial charge on any atom is 0.271 e. The first kappa shape index (κ1) is 13.7. The van der Waals surface area contributed by atoms with Crippen molar-refractivity contribution in [2.45, 2.75) is 24.5 Å². The summed E-state index contributed by atoms with van der Waals surface area (Å²) in [5, 5.41) is 41.6. The van der Waals surface area contributed by atoms with Crippen LogP contribution < -0.4 is 5.32 Å². The van der Waals surface area contributed by atoms with Gasteiger partial charge >= 0.3 is 0 Å². The van der Waals surface area contributed by atoms with Gasteiger partial charge in [-0.05, 0) is 6.07 Å². The zero-order valence-electron chi connectivity index (χ0n) is 9.84. The summed E-state index contributed by atoms with van der Waals surface area (Å²) in [6.07, 6.45) is -4.25. The van der Waals surface area contributed by atoms with Gasteiger partial charge in [-0.15, -0.1) is 0 Å². The standard InChI is InChI=1S/C11H14N2O6/c14-5-8-9(15)10(16)11(19-8)12-6-2-1-3-7(4-6)13(17)18/h1-4,8-12,14-16H,5H2/t8-,9-,10+,11-/m0/s1. The molecule has 2 rings (SSSR count). The maximum atomic E-state index is 10.6. The first-order chi connectivity index (χ1) is 9.02. The number of aliphatic hydroxyl groups is 3. The molecule has 0 spiro atoms. The first-order valence-corrected chi connectivity index (χ1v) is 5.66. The van der Waals surface area contributed by atoms with Crippen molar-refractivity contribution in [2.75, 3.05) is 11.9 Å². The van der Waals surface area contributed by atoms with Gasteiger partial charge in [-0.3, -0.25) is 10.1 Å². The highest BCUT2D eigenvalue weighted by Gasteiger charge is 2.42. The average molecular weight is 270 g/mol. The Hall–Kier alpha value is -1.74. The molecule has 4 N–H and O–H groups in total. The van der Waals surface area contributed by atoms with Gasteiger partial charge in [-0.2, -0.15) is 0 Å². The molecule has 8 heteroatoms. The number of ether oxygens (including phenoxy) is 1. The maximum absolute atomic E-state index is 10.6. The number of nitrogens with one attached hydrogen (secondary N) is 1. The van der Waals surface area contributed by atoms with E-state index in [9.17, 15) is 20.3 Å². The summed E-state index contributed by atoms with van der Waals surface area (Å²) >= 11 is 0. The highest BCUT2D eigenvalue weighted by Crippen LogP contribution is 2.24. The molecule has 1 aromatic rings. The van der Waals surface area contributed by atoms with Crippen molar-refractivity contribution in [3.8, 4) is 0 Å². The fourth-order valence-corrected chi connectivity index (χ4v) is 1.89. The number of nitrogens with zero attached hydrogens (tertiary/aromatic N) is 1. The lowest BCUT2D eigenvalue weighted by atomic mass is 10.1. The lowest BCUT2D eigenvalue weighted by Crippen LogP contribution is -2.36. The quantitative estimate of drug-likeness (QED) is 0.427. The number of aliphatic hydroxyl groups excluding tert-OH is 3. The van der Waals surface area contributed by atoms with Crippen LogP contribution in [0.1, 0.15) is 0 Å². The molecule has 19 heavy (non-hydrogen) atoms. The number of anilines is 1. The highest BCUT2D eigenvalue weighted by molar-refractivity contribution is 5.51. The molecule has 4 atom stereocenters. The van der Waals surface area contributed by atoms with Gasteiger partial charge in [-0.1, -0.05) is 6.07 Å². The Balaban J connectivity index is 2.09. The van der Waals surface area contributed by atoms with E-state index in [0.29, 0.717) is 5.69 Å². The van der Waals surface area contributed by atoms with E-state index < -0.39 is 36.1 Å². The summed E-state index contributed by atoms with van der Waals surface area (Å²) in [6.45, 7) is -0.425. The minimum atomic E-state index is -1.23. The summed E-state index contributed by atoms with van der Waals surface area (Å²) in [7, 11) is 0. The van der Waals surface area contributed by atoms with E-state index >= 15 is 0 Å². The summed E-state index contributed by atoms with van der Waals surface area (Å²) in [4.78, 5) is 10.1. The number of hydrogen-bond donors (Lipinski definition) is 4. The van der Waals surface area contributed by atoms with Crippen LogP contribution in [0.25, 0.3) is 0 Å². The van der Waals surface area contributed by atoms with Gasteiger partial charge in [0.15, 0.2) is 6.23 Å². The number of benzene rings is 1. The lowest BCUT2D eigenvalue weighted by molar-refractivity contribution is -0.384. The third kappa shape index (κ3) is 2.82. The fraction of sp³-hybridized carbons (Fsp3) is 0.455. The van der Waals surface area contributed by atoms with Crippen LogP contribution in [0.2, 0.25) is 0 Å². The van der Waals surface area contributed by atoms with Gasteiger partial charge in [0, 0.05) is 17.8 Å². The molecule has 0 saturated carbocycles. The van der Waals surface area contributed by atoms with Crippen LogP contribution >= 0.6 is 0 Å². The van der Waals surface area contributed by atoms with Crippen molar-refractivity contribution in [1.29, 1.82) is 0 Å². The summed E-state index contributed by atoms with van der Waals surface area (Å²) in [6, 6.07) is 5.68. The Kier molecular flexibility index (Phi) is 3.96. The molecule has 8 nitrogen and oxygen atoms in total. The van der Waals surface area contributed by atoms with Gasteiger partial charge in [0.1, 0.15) is 18.3 Å². The van der Waals surface area contributed by atoms with Crippen LogP contribution in [0.5, 0.6) is 0 Å². The minimum absolute atomic E-state index is 0.100. The Labute approximate surface area is 108 Å². The third-order valence-corrected chi connectivity index (χ3v) is 2.91. The molecule has 0 radical (unpaired) electrons. The van der Waals surface area contributed by atoms with Gasteiger partial charge in [-0.25, -0.2) is 0 Å². The van der Waals surface area contributed by atoms with Crippen LogP contribution in [0, 0.1) is 10.1 Å². The molecule has 0 bridgehead atoms. The van der Waals surface area contributed by atoms with E-state index in [-0.39, 0.29) is 5.69 Å². The van der Waals surface area contributed by atoms with Crippen molar-refractivity contribution in [3.63, 3.8) is 0 Å². The number of nitro groups is 1. The van der Waals surface area contributed by atoms with E-state index in [1.54, 1.807) is 6.07 Å². The normalized spacial score (nSPS) is 30.3. The van der Waals surface area contributed by atoms with E-state index in [1.165, 1.54) is 18.2 Å². The van der Waals surface area contributed by atoms with Crippen LogP contribution in [0.3, 0.4) is 0 Å². The zero-order chi connectivity index (χ0) is 14.0. The van der Waals surface area contributed by atoms with Crippen LogP contribution in [0.15, 0.2) is 24.3 Å². The molecule has 1 aromatic carbocycles. The van der Waals surface area contributed by atoms with Crippen molar-refractivity contribution in [1.82, 2.24) is 0 Å². The van der Waals surface area contributed by atoms with Gasteiger partial charge in [0.25, 0.3) is 5.69 Å². The van der Waals surface area contributed by atoms with Crippen LogP contribution in [0.4, 0.5) is 11.4 Å². The average Bonchev–Trinajstić information content (AvgIpc) is 2.67. The van der Waals surface area contributed by atoms with Gasteiger partial charge < -0.3 is 25.4 Å². The second kappa shape index (κ2) is 5.49. The van der Waals surface area contributed by atoms with Gasteiger partial charge in [0.2, 0.25) is 0 Å². The SMILES string of the molecule is O=[N+]([O-])c1cccc(N[C@H]2O[C@@H](CO)[C@H](O)[C@H]2O)c1. The van der Waals surface area contributed by atoms with E-state index in [4.69, 9.17) is 9.84 Å². The predicted octanol–water partition coefficient (Wildman–Crippen LogP) is -0.554. The van der Waals surface area contributed by atoms with Crippen molar-refractivity contribution in [3.05, 3.63) is 34.4 Å². The smallest absolute Gasteiger partial charge is 0.271 e. The number of rotatable bonds is 4. The van der Waals surface area contributed by atoms with Crippen molar-refractivity contribution >= 4 is 11.4 Å². The van der Waals surface area contributed by atoms with Crippen molar-refractivity contribution < 1.29 is 25.0 Å². The Morgan fingerprint density at radius 1 is 1.37 bits per heavy atom. The third-order valence-electron chi connectivity index (χ3n) is 2.91. The molecule has 1 aliphatic rings. The number of nitro benzene ring substituents is 1. The Morgan fingerprint density at radius 3 is 2.68 bits per heavy atom. The predicted molar refractivity (Wildman–Crippen MR) is 64.5 cm³/mol. The molecule has 1 heterocycles. The van der Waals surface area contributed by atoms with E-state index in [0.717, 1.165) is 0 Å². The number of hydrogen-bond acceptors (Lipinski definition) is 7. The molecule has 0 aliphatic carbocycles. The molecule has 1 fully saturated rings. The molecule has 1 aliphatic heterocycles. The lowest BCUT2D eigenvalue weighted by Gasteiger charge is -2.17. The Morgan fingerprint density at radius 2 is 2.11 bits per heavy atom. The van der Waals surface area contributed by atoms with Crippen molar-refractivity contribution in [2.24, 2.45) is 0 Å². The summed E-state index contributed by atoms with van der Waals surface area (Å²) in [5.41, 5.74) is 0.279. The highest BCUT2D eigenvalue weighted by atomic mass is 16.6. The topological polar surface area (TPSA) is 125 Å². The van der Waals surface area contributed by atoms with E-state index in [1.807, 2.05) is 0 Å². The molecule has 1 saturated heterocycles. The largest absolute Gasteiger partial charge is 0.394 e. The molecule has 104 valence electrons. The summed E-state index contributed by atoms with van der Waals surface area (Å²) < 4.78 is 5.21. The first-order valence-electron chi connectivity index (χ1n) is 5.66. The molecule has 0 unspecified atom stereocenters. The summed E-state index contributed by atoms with van der Waals surface area (Å²) in [5.74, 6) is 0. The molecule has 0 amide bonds. The van der Waals surface area contributed by atoms with Crippen LogP contribution in [-0.2, 0) is 4.74 Å². The molecule has 0 aromatic heterocycles. The molecular formula is C11H14N2O6. The second-order valence-electron chi connectivity index (χ2n) is 4.21. The minimum Gasteiger partial charge on any atom is -0.394 e. The monoisotopic (exact) mass is 270 g/mol. The number of non-ortho nitro benzene ring substituents is 1. The van der Waals surface area contributed by atoms with Gasteiger partial charge in [0.05, 0.1) is 11.5 Å². The second-order valence-corrected chi connectivity index (χ2v) is 4.21.